The van der Waals surface area contributed by atoms with E-state index in [9.17, 15) is 70.6 Å². The van der Waals surface area contributed by atoms with E-state index in [2.05, 4.69) is 48.2 Å². The van der Waals surface area contributed by atoms with Crippen molar-refractivity contribution in [2.24, 2.45) is 14.6 Å². The van der Waals surface area contributed by atoms with Crippen LogP contribution in [0.15, 0.2) is 79.5 Å². The number of aromatic nitrogens is 7. The zero-order valence-corrected chi connectivity index (χ0v) is 72.4. The van der Waals surface area contributed by atoms with Gasteiger partial charge in [0.05, 0.1) is 42.3 Å². The molecule has 14 N–H and O–H groups in total. The van der Waals surface area contributed by atoms with Gasteiger partial charge in [-0.05, 0) is 161 Å². The number of rotatable bonds is 14. The number of amides is 2. The molecule has 2 amide bonds. The molecule has 0 aliphatic carbocycles. The number of ether oxygens (including phenoxy) is 4. The van der Waals surface area contributed by atoms with Gasteiger partial charge in [-0.2, -0.15) is 0 Å². The molecule has 7 aromatic heterocycles. The summed E-state index contributed by atoms with van der Waals surface area (Å²) in [5, 5.41) is 75.3. The van der Waals surface area contributed by atoms with Crippen LogP contribution in [0.2, 0.25) is 0 Å². The molecule has 5 atom stereocenters. The van der Waals surface area contributed by atoms with Crippen molar-refractivity contribution in [3.63, 3.8) is 0 Å². The first-order chi connectivity index (χ1) is 47.0. The molecule has 7 aromatic rings. The van der Waals surface area contributed by atoms with Crippen molar-refractivity contribution in [1.82, 2.24) is 45.8 Å². The van der Waals surface area contributed by atoms with Crippen LogP contribution in [0.3, 0.4) is 0 Å². The number of carbonyl (C=O) groups excluding carboxylic acids is 3. The summed E-state index contributed by atoms with van der Waals surface area (Å²) in [6.45, 7) is 35.0. The average Bonchev–Trinajstić information content (AvgIpc) is 1.72. The number of nitrogens with zero attached hydrogens (tertiary/aromatic N) is 8. The first-order valence-corrected chi connectivity index (χ1v) is 42.4. The van der Waals surface area contributed by atoms with Crippen LogP contribution in [-0.2, 0) is 111 Å². The van der Waals surface area contributed by atoms with Crippen LogP contribution in [-0.4, -0.2) is 154 Å². The summed E-state index contributed by atoms with van der Waals surface area (Å²) in [7, 11) is -5.31. The Morgan fingerprint density at radius 3 is 1.17 bits per heavy atom. The number of nitrogens with one attached hydrogen (secondary N) is 1. The number of hydrogen-bond donors (Lipinski definition) is 10. The summed E-state index contributed by atoms with van der Waals surface area (Å²) in [6, 6.07) is 0. The third-order valence-electron chi connectivity index (χ3n) is 10.7. The second-order valence-electron chi connectivity index (χ2n) is 26.1. The monoisotopic (exact) mass is 1700 g/mol. The van der Waals surface area contributed by atoms with Gasteiger partial charge in [-0.3, -0.25) is 13.2 Å². The molecule has 0 radical (unpaired) electrons. The summed E-state index contributed by atoms with van der Waals surface area (Å²) >= 11 is 4.47. The van der Waals surface area contributed by atoms with Crippen molar-refractivity contribution in [3.05, 3.63) is 89.2 Å². The maximum Gasteiger partial charge on any atom is 1.00 e. The molecule has 2 aliphatic heterocycles. The van der Waals surface area contributed by atoms with E-state index in [0.29, 0.717) is 42.7 Å². The summed E-state index contributed by atoms with van der Waals surface area (Å²) in [5.74, 6) is 0.0417. The number of Topliss-reactive ketones (excluding diaryl/α,β-unsaturated/α-hetero) is 1. The zero-order valence-electron chi connectivity index (χ0n) is 62.6. The van der Waals surface area contributed by atoms with Crippen LogP contribution in [0.5, 0.6) is 0 Å². The average molecular weight is 1700 g/mol. The Morgan fingerprint density at radius 2 is 0.895 bits per heavy atom. The van der Waals surface area contributed by atoms with Crippen LogP contribution in [0.1, 0.15) is 197 Å². The third kappa shape index (κ3) is 44.2. The minimum Gasteiger partial charge on any atom is -0.768 e. The van der Waals surface area contributed by atoms with E-state index >= 15 is 0 Å². The van der Waals surface area contributed by atoms with Gasteiger partial charge in [0.15, 0.2) is 31.7 Å². The van der Waals surface area contributed by atoms with Crippen LogP contribution in [0, 0.1) is 0 Å². The van der Waals surface area contributed by atoms with Crippen molar-refractivity contribution in [2.75, 3.05) is 33.5 Å². The van der Waals surface area contributed by atoms with Crippen LogP contribution < -0.4 is 40.0 Å². The Hall–Kier alpha value is -3.55. The van der Waals surface area contributed by atoms with E-state index in [0.717, 1.165) is 76.8 Å². The molecule has 2 fully saturated rings. The van der Waals surface area contributed by atoms with Gasteiger partial charge in [-0.1, -0.05) is 0 Å². The van der Waals surface area contributed by atoms with Gasteiger partial charge in [-0.15, -0.1) is 83.7 Å². The van der Waals surface area contributed by atoms with Crippen molar-refractivity contribution in [1.29, 1.82) is 0 Å². The molecule has 0 bridgehead atoms. The first-order valence-electron chi connectivity index (χ1n) is 30.5. The maximum atomic E-state index is 12.2. The second-order valence-corrected chi connectivity index (χ2v) is 40.5. The molecule has 9 rings (SSSR count). The predicted molar refractivity (Wildman–Crippen MR) is 408 cm³/mol. The first kappa shape index (κ1) is 103. The summed E-state index contributed by atoms with van der Waals surface area (Å²) in [4.78, 5) is 60.7. The van der Waals surface area contributed by atoms with Gasteiger partial charge < -0.3 is 60.3 Å². The van der Waals surface area contributed by atoms with E-state index in [4.69, 9.17) is 29.2 Å². The number of aliphatic hydroxyl groups is 6. The largest absolute Gasteiger partial charge is 1.00 e. The Bertz CT molecular complexity index is 3800. The molecule has 105 heavy (non-hydrogen) atoms. The number of thiazole rings is 7. The molecule has 0 aromatic carbocycles. The Morgan fingerprint density at radius 1 is 0.543 bits per heavy atom. The van der Waals surface area contributed by atoms with Gasteiger partial charge in [0.25, 0.3) is 0 Å². The summed E-state index contributed by atoms with van der Waals surface area (Å²) in [6.07, 6.45) is 13.4. The number of hydrogen-bond acceptors (Lipinski definition) is 35. The van der Waals surface area contributed by atoms with Crippen LogP contribution in [0.25, 0.3) is 0 Å². The van der Waals surface area contributed by atoms with Crippen molar-refractivity contribution in [3.8, 4) is 0 Å². The van der Waals surface area contributed by atoms with Crippen molar-refractivity contribution < 1.29 is 113 Å². The molecule has 32 nitrogen and oxygen atoms in total. The second kappa shape index (κ2) is 47.0. The molecule has 9 heterocycles. The van der Waals surface area contributed by atoms with Gasteiger partial charge in [0.1, 0.15) is 103 Å². The van der Waals surface area contributed by atoms with Crippen LogP contribution >= 0.6 is 79.4 Å². The number of nitrogens with two attached hydrogens (primary N) is 2. The normalized spacial score (nSPS) is 14.6. The van der Waals surface area contributed by atoms with E-state index in [1.54, 1.807) is 142 Å². The predicted octanol–water partition coefficient (Wildman–Crippen LogP) is 7.40. The van der Waals surface area contributed by atoms with E-state index in [1.807, 2.05) is 5.38 Å². The minimum atomic E-state index is -3.43. The Balaban J connectivity index is 0. The zero-order chi connectivity index (χ0) is 79.3. The van der Waals surface area contributed by atoms with E-state index < -0.39 is 111 Å². The number of ketones is 1. The SMILES string of the molecule is C1CCOC1.C1CCOC1.CC(=O)c1nccs1.CC(C)(C)OC(=O)N=S(N)(=O)c1cnc(C(C)(C)O)s1.CC(C)(C)OC(=O)NS(=O)c1cnc(C(C)(C)O)s1.CC(C)(O)c1ncc(S(=O)[O-])s1.CC(C)(O)c1ncc(S(N)=O)s1.CC(C)(O)c1nccs1.COS(=O)c1cnc(C(C)(C)O)s1.N.[Li+]. The molecule has 592 valence electrons. The molecule has 2 saturated heterocycles. The fraction of sp³-hybridized carbons (Fsp3) is 0.600. The fourth-order valence-corrected chi connectivity index (χ4v) is 15.4. The standard InChI is InChI=1S/C11H19N3O4S2.C11H18N2O4S2.C7H11NO3S2.C6H10N2O2S2.C6H9NO3S2.C6H9NOS.C5H5NOS.2C4H8O.Li.H3N/c1-10(2,3)18-9(15)14-20(12,17)7-6-13-8(19-7)11(4,5)16;1-10(2,3)17-9(14)13-19(16)7-6-12-8(18-7)11(4,5)15;1-7(2,9)6-8-4-5(12-6)13(10)11-3;1-6(2,9)5-8-3-4(11-5)12(7)10;1-6(2,8)5-7-3-4(11-5)12(9)10;1-6(2,8)5-7-3-4-9-5;1-4(7)5-6-2-3-8-5;2*1-2-4-5-3-1;;/h6,16H,1-5H3,(H2,12,14,15,17);6,15H,1-5H3,(H,13,14);4,9H,1-3H3;3,9H,7H2,1-2H3;3,8H,1-2H3,(H,9,10);3-4,8H,1-2H3;2-3H,1H3;2*1-4H2;;1H3/q;;;;;;;;;+1;/p-1. The Labute approximate surface area is 664 Å². The van der Waals surface area contributed by atoms with Gasteiger partial charge in [0.2, 0.25) is 11.1 Å². The summed E-state index contributed by atoms with van der Waals surface area (Å²) < 4.78 is 98.5. The molecule has 0 spiro atoms. The topological polar surface area (TPSA) is 529 Å². The molecular weight excluding hydrogens is 1600 g/mol. The van der Waals surface area contributed by atoms with Gasteiger partial charge in [-0.25, -0.2) is 76.3 Å². The Kier molecular flexibility index (Phi) is 46.3. The molecule has 2 aliphatic rings. The summed E-state index contributed by atoms with van der Waals surface area (Å²) in [5.41, 5.74) is -7.48. The molecule has 45 heteroatoms. The van der Waals surface area contributed by atoms with E-state index in [-0.39, 0.29) is 39.2 Å². The van der Waals surface area contributed by atoms with Gasteiger partial charge >= 0.3 is 31.0 Å². The fourth-order valence-electron chi connectivity index (χ4n) is 6.07. The quantitative estimate of drug-likeness (QED) is 0.0288. The number of carbonyl (C=O) groups is 3. The van der Waals surface area contributed by atoms with Crippen molar-refractivity contribution in [2.45, 2.75) is 223 Å². The smallest absolute Gasteiger partial charge is 0.768 e. The molecular formula is C60H99LiN12O20S12. The van der Waals surface area contributed by atoms with Crippen LogP contribution in [0.4, 0.5) is 9.59 Å². The van der Waals surface area contributed by atoms with Crippen molar-refractivity contribution >= 4 is 151 Å². The molecule has 0 saturated carbocycles. The van der Waals surface area contributed by atoms with E-state index in [1.165, 1.54) is 105 Å². The minimum absolute atomic E-state index is 0. The maximum absolute atomic E-state index is 12.2. The molecule has 5 unspecified atom stereocenters. The third-order valence-corrected chi connectivity index (χ3v) is 25.5. The van der Waals surface area contributed by atoms with Gasteiger partial charge in [0, 0.05) is 56.5 Å².